The molecule has 2 unspecified atom stereocenters. The summed E-state index contributed by atoms with van der Waals surface area (Å²) < 4.78 is 10.9. The lowest BCUT2D eigenvalue weighted by Gasteiger charge is -2.30. The lowest BCUT2D eigenvalue weighted by Crippen LogP contribution is -2.26. The van der Waals surface area contributed by atoms with Gasteiger partial charge in [-0.1, -0.05) is 18.2 Å². The van der Waals surface area contributed by atoms with Crippen LogP contribution in [0.4, 0.5) is 11.4 Å². The SMILES string of the molecule is COc1ccc(C2CC(=O)C3=C(C2)Nc2ccccc2NC3c2ccncc2)cc1OC. The number of ketones is 1. The van der Waals surface area contributed by atoms with Gasteiger partial charge in [0, 0.05) is 30.1 Å². The Labute approximate surface area is 187 Å². The third kappa shape index (κ3) is 3.58. The van der Waals surface area contributed by atoms with E-state index in [4.69, 9.17) is 9.47 Å². The molecule has 162 valence electrons. The van der Waals surface area contributed by atoms with Crippen LogP contribution in [0, 0.1) is 0 Å². The van der Waals surface area contributed by atoms with Gasteiger partial charge in [-0.05, 0) is 59.9 Å². The van der Waals surface area contributed by atoms with Crippen LogP contribution in [-0.2, 0) is 4.79 Å². The van der Waals surface area contributed by atoms with E-state index < -0.39 is 0 Å². The van der Waals surface area contributed by atoms with Crippen LogP contribution in [0.5, 0.6) is 11.5 Å². The van der Waals surface area contributed by atoms with E-state index in [9.17, 15) is 4.79 Å². The largest absolute Gasteiger partial charge is 0.493 e. The molecule has 0 fully saturated rings. The number of para-hydroxylation sites is 2. The number of benzene rings is 2. The van der Waals surface area contributed by atoms with Gasteiger partial charge in [-0.25, -0.2) is 0 Å². The van der Waals surface area contributed by atoms with Gasteiger partial charge < -0.3 is 20.1 Å². The van der Waals surface area contributed by atoms with Crippen LogP contribution in [0.3, 0.4) is 0 Å². The fraction of sp³-hybridized carbons (Fsp3) is 0.231. The molecule has 0 saturated heterocycles. The summed E-state index contributed by atoms with van der Waals surface area (Å²) in [6, 6.07) is 17.7. The lowest BCUT2D eigenvalue weighted by molar-refractivity contribution is -0.116. The summed E-state index contributed by atoms with van der Waals surface area (Å²) >= 11 is 0. The number of nitrogens with zero attached hydrogens (tertiary/aromatic N) is 1. The highest BCUT2D eigenvalue weighted by molar-refractivity contribution is 6.01. The number of hydrogen-bond acceptors (Lipinski definition) is 6. The van der Waals surface area contributed by atoms with Crippen LogP contribution in [0.25, 0.3) is 0 Å². The number of nitrogens with one attached hydrogen (secondary N) is 2. The zero-order valence-electron chi connectivity index (χ0n) is 18.1. The third-order valence-corrected chi connectivity index (χ3v) is 6.23. The number of anilines is 2. The smallest absolute Gasteiger partial charge is 0.163 e. The van der Waals surface area contributed by atoms with E-state index in [-0.39, 0.29) is 17.7 Å². The quantitative estimate of drug-likeness (QED) is 0.605. The second kappa shape index (κ2) is 8.38. The molecule has 0 spiro atoms. The summed E-state index contributed by atoms with van der Waals surface area (Å²) in [5, 5.41) is 7.15. The van der Waals surface area contributed by atoms with Crippen molar-refractivity contribution in [1.29, 1.82) is 0 Å². The van der Waals surface area contributed by atoms with Gasteiger partial charge in [-0.2, -0.15) is 0 Å². The van der Waals surface area contributed by atoms with Gasteiger partial charge in [0.1, 0.15) is 0 Å². The molecule has 6 heteroatoms. The Kier molecular flexibility index (Phi) is 5.27. The molecule has 2 aliphatic rings. The number of rotatable bonds is 4. The van der Waals surface area contributed by atoms with E-state index in [0.29, 0.717) is 17.9 Å². The van der Waals surface area contributed by atoms with Gasteiger partial charge in [-0.3, -0.25) is 9.78 Å². The molecule has 1 aromatic heterocycles. The Morgan fingerprint density at radius 3 is 2.38 bits per heavy atom. The van der Waals surface area contributed by atoms with Crippen molar-refractivity contribution in [2.75, 3.05) is 24.9 Å². The number of carbonyl (C=O) groups is 1. The van der Waals surface area contributed by atoms with Gasteiger partial charge in [0.2, 0.25) is 0 Å². The first-order valence-electron chi connectivity index (χ1n) is 10.7. The van der Waals surface area contributed by atoms with Crippen molar-refractivity contribution in [3.8, 4) is 11.5 Å². The molecule has 0 radical (unpaired) electrons. The van der Waals surface area contributed by atoms with Crippen molar-refractivity contribution in [1.82, 2.24) is 4.98 Å². The second-order valence-electron chi connectivity index (χ2n) is 8.06. The molecule has 2 N–H and O–H groups in total. The predicted octanol–water partition coefficient (Wildman–Crippen LogP) is 5.08. The van der Waals surface area contributed by atoms with Crippen LogP contribution in [0.2, 0.25) is 0 Å². The molecule has 0 saturated carbocycles. The molecule has 0 bridgehead atoms. The Morgan fingerprint density at radius 2 is 1.62 bits per heavy atom. The summed E-state index contributed by atoms with van der Waals surface area (Å²) in [5.74, 6) is 1.55. The molecule has 1 aliphatic heterocycles. The summed E-state index contributed by atoms with van der Waals surface area (Å²) in [7, 11) is 3.25. The summed E-state index contributed by atoms with van der Waals surface area (Å²) in [6.45, 7) is 0. The van der Waals surface area contributed by atoms with Crippen LogP contribution in [0.1, 0.15) is 35.9 Å². The Hall–Kier alpha value is -3.80. The second-order valence-corrected chi connectivity index (χ2v) is 8.06. The molecule has 2 atom stereocenters. The number of Topliss-reactive ketones (excluding diaryl/α,β-unsaturated/α-hetero) is 1. The number of aromatic nitrogens is 1. The highest BCUT2D eigenvalue weighted by Crippen LogP contribution is 2.45. The van der Waals surface area contributed by atoms with Crippen molar-refractivity contribution in [3.63, 3.8) is 0 Å². The zero-order valence-corrected chi connectivity index (χ0v) is 18.1. The van der Waals surface area contributed by atoms with Crippen LogP contribution >= 0.6 is 0 Å². The number of allylic oxidation sites excluding steroid dienone is 1. The molecule has 2 heterocycles. The van der Waals surface area contributed by atoms with Crippen LogP contribution in [0.15, 0.2) is 78.3 Å². The van der Waals surface area contributed by atoms with E-state index >= 15 is 0 Å². The molecule has 2 aromatic carbocycles. The number of ether oxygens (including phenoxy) is 2. The number of carbonyl (C=O) groups excluding carboxylic acids is 1. The Morgan fingerprint density at radius 1 is 0.875 bits per heavy atom. The molecule has 3 aromatic rings. The number of hydrogen-bond donors (Lipinski definition) is 2. The lowest BCUT2D eigenvalue weighted by atomic mass is 9.78. The van der Waals surface area contributed by atoms with E-state index in [1.165, 1.54) is 0 Å². The minimum atomic E-state index is -0.233. The van der Waals surface area contributed by atoms with Crippen molar-refractivity contribution >= 4 is 17.2 Å². The van der Waals surface area contributed by atoms with E-state index in [2.05, 4.69) is 15.6 Å². The average Bonchev–Trinajstić information content (AvgIpc) is 3.01. The molecular weight excluding hydrogens is 402 g/mol. The zero-order chi connectivity index (χ0) is 22.1. The standard InChI is InChI=1S/C26H25N3O3/c1-31-23-8-7-17(15-24(23)32-2)18-13-21-25(22(30)14-18)26(16-9-11-27-12-10-16)29-20-6-4-3-5-19(20)28-21/h3-12,15,18,26,28-29H,13-14H2,1-2H3. The Balaban J connectivity index is 1.57. The first kappa shape index (κ1) is 20.1. The first-order chi connectivity index (χ1) is 15.7. The molecular formula is C26H25N3O3. The summed E-state index contributed by atoms with van der Waals surface area (Å²) in [4.78, 5) is 17.7. The predicted molar refractivity (Wildman–Crippen MR) is 124 cm³/mol. The number of fused-ring (bicyclic) bond motifs is 1. The first-order valence-corrected chi connectivity index (χ1v) is 10.7. The van der Waals surface area contributed by atoms with Gasteiger partial charge in [0.15, 0.2) is 17.3 Å². The van der Waals surface area contributed by atoms with Crippen molar-refractivity contribution < 1.29 is 14.3 Å². The minimum absolute atomic E-state index is 0.0527. The monoisotopic (exact) mass is 427 g/mol. The molecule has 5 rings (SSSR count). The molecule has 32 heavy (non-hydrogen) atoms. The normalized spacial score (nSPS) is 19.8. The van der Waals surface area contributed by atoms with E-state index in [1.807, 2.05) is 54.6 Å². The number of pyridine rings is 1. The maximum atomic E-state index is 13.6. The Bertz CT molecular complexity index is 1190. The van der Waals surface area contributed by atoms with Crippen LogP contribution in [-0.4, -0.2) is 25.0 Å². The molecule has 6 nitrogen and oxygen atoms in total. The fourth-order valence-corrected chi connectivity index (χ4v) is 4.64. The van der Waals surface area contributed by atoms with Gasteiger partial charge in [0.05, 0.1) is 31.6 Å². The average molecular weight is 428 g/mol. The minimum Gasteiger partial charge on any atom is -0.493 e. The maximum Gasteiger partial charge on any atom is 0.163 e. The third-order valence-electron chi connectivity index (χ3n) is 6.23. The fourth-order valence-electron chi connectivity index (χ4n) is 4.64. The van der Waals surface area contributed by atoms with Gasteiger partial charge >= 0.3 is 0 Å². The van der Waals surface area contributed by atoms with Crippen molar-refractivity contribution in [2.45, 2.75) is 24.8 Å². The van der Waals surface area contributed by atoms with E-state index in [1.54, 1.807) is 26.6 Å². The summed E-state index contributed by atoms with van der Waals surface area (Å²) in [5.41, 5.74) is 5.78. The van der Waals surface area contributed by atoms with Gasteiger partial charge in [0.25, 0.3) is 0 Å². The highest BCUT2D eigenvalue weighted by Gasteiger charge is 2.36. The van der Waals surface area contributed by atoms with Crippen molar-refractivity contribution in [3.05, 3.63) is 89.4 Å². The highest BCUT2D eigenvalue weighted by atomic mass is 16.5. The number of methoxy groups -OCH3 is 2. The molecule has 1 aliphatic carbocycles. The van der Waals surface area contributed by atoms with E-state index in [0.717, 1.165) is 40.2 Å². The maximum absolute atomic E-state index is 13.6. The van der Waals surface area contributed by atoms with Crippen molar-refractivity contribution in [2.24, 2.45) is 0 Å². The van der Waals surface area contributed by atoms with Gasteiger partial charge in [-0.15, -0.1) is 0 Å². The van der Waals surface area contributed by atoms with Crippen LogP contribution < -0.4 is 20.1 Å². The summed E-state index contributed by atoms with van der Waals surface area (Å²) in [6.07, 6.45) is 4.70. The molecule has 0 amide bonds. The topological polar surface area (TPSA) is 72.5 Å².